The molecule has 8 rings (SSSR count). The lowest BCUT2D eigenvalue weighted by molar-refractivity contribution is 0.132. The van der Waals surface area contributed by atoms with Crippen molar-refractivity contribution in [3.05, 3.63) is 146 Å². The van der Waals surface area contributed by atoms with Crippen molar-refractivity contribution in [3.8, 4) is 45.3 Å². The van der Waals surface area contributed by atoms with Crippen LogP contribution in [0.2, 0.25) is 0 Å². The Hall–Kier alpha value is -6.00. The molecule has 2 N–H and O–H groups in total. The number of benzene rings is 8. The molecule has 0 unspecified atom stereocenters. The van der Waals surface area contributed by atoms with Gasteiger partial charge in [-0.3, -0.25) is 0 Å². The molecular weight excluding hydrogens is 604 g/mol. The molecule has 0 spiro atoms. The van der Waals surface area contributed by atoms with E-state index in [1.165, 1.54) is 0 Å². The van der Waals surface area contributed by atoms with Gasteiger partial charge in [-0.15, -0.1) is 0 Å². The Bertz CT molecular complexity index is 2320. The molecule has 0 bridgehead atoms. The van der Waals surface area contributed by atoms with E-state index < -0.39 is 0 Å². The van der Waals surface area contributed by atoms with E-state index in [1.807, 2.05) is 84.9 Å². The van der Waals surface area contributed by atoms with Crippen molar-refractivity contribution in [2.75, 3.05) is 0 Å². The van der Waals surface area contributed by atoms with Crippen LogP contribution in [-0.2, 0) is 0 Å². The van der Waals surface area contributed by atoms with Gasteiger partial charge in [0.15, 0.2) is 0 Å². The molecule has 240 valence electrons. The molecule has 0 amide bonds. The molecule has 8 aromatic carbocycles. The fourth-order valence-corrected chi connectivity index (χ4v) is 7.26. The Kier molecular flexibility index (Phi) is 7.77. The lowest BCUT2D eigenvalue weighted by atomic mass is 9.92. The number of hydrogen-bond donors (Lipinski definition) is 2. The first-order valence-electron chi connectivity index (χ1n) is 16.8. The highest BCUT2D eigenvalue weighted by molar-refractivity contribution is 6.11. The topological polar surface area (TPSA) is 58.9 Å². The van der Waals surface area contributed by atoms with Gasteiger partial charge in [0.1, 0.15) is 23.0 Å². The summed E-state index contributed by atoms with van der Waals surface area (Å²) in [5, 5.41) is 30.8. The number of phenolic OH excluding ortho intramolecular Hbond substituents is 2. The van der Waals surface area contributed by atoms with E-state index >= 15 is 0 Å². The highest BCUT2D eigenvalue weighted by Crippen LogP contribution is 2.47. The molecule has 8 aromatic rings. The minimum Gasteiger partial charge on any atom is -0.507 e. The summed E-state index contributed by atoms with van der Waals surface area (Å²) in [6.07, 6.45) is 0.158. The molecule has 0 aliphatic heterocycles. The van der Waals surface area contributed by atoms with E-state index in [4.69, 9.17) is 9.47 Å². The summed E-state index contributed by atoms with van der Waals surface area (Å²) in [5.74, 6) is 1.84. The van der Waals surface area contributed by atoms with E-state index in [2.05, 4.69) is 62.4 Å². The molecule has 0 aliphatic rings. The third kappa shape index (κ3) is 5.55. The van der Waals surface area contributed by atoms with Crippen molar-refractivity contribution < 1.29 is 19.7 Å². The summed E-state index contributed by atoms with van der Waals surface area (Å²) in [6.45, 7) is 4.11. The fraction of sp³-hybridized carbons (Fsp3) is 0.111. The van der Waals surface area contributed by atoms with E-state index in [9.17, 15) is 10.2 Å². The first-order chi connectivity index (χ1) is 24.0. The second kappa shape index (κ2) is 12.6. The van der Waals surface area contributed by atoms with E-state index in [-0.39, 0.29) is 23.7 Å². The van der Waals surface area contributed by atoms with Gasteiger partial charge >= 0.3 is 0 Å². The highest BCUT2D eigenvalue weighted by Gasteiger charge is 2.23. The molecule has 4 heteroatoms. The quantitative estimate of drug-likeness (QED) is 0.173. The standard InChI is InChI=1S/C45H36O4/c1-28(48-40-25-21-32-13-5-9-17-36(32)44(40)42-34-15-7-3-11-30(34)19-23-38(42)46)27-29(2)49-41-26-22-33-14-6-10-18-37(33)45(41)43-35-16-8-4-12-31(35)20-24-39(43)47/h3-26,28-29,46-47H,27H2,1-2H3/t28-,29-/m0/s1. The maximum Gasteiger partial charge on any atom is 0.128 e. The predicted molar refractivity (Wildman–Crippen MR) is 202 cm³/mol. The van der Waals surface area contributed by atoms with Gasteiger partial charge in [-0.2, -0.15) is 0 Å². The van der Waals surface area contributed by atoms with Gasteiger partial charge < -0.3 is 19.7 Å². The SMILES string of the molecule is C[C@@H](C[C@H](C)Oc1ccc2ccccc2c1-c1c(O)ccc2ccccc12)Oc1ccc2ccccc2c1-c1c(O)ccc2ccccc12. The van der Waals surface area contributed by atoms with E-state index in [1.54, 1.807) is 12.1 Å². The van der Waals surface area contributed by atoms with Gasteiger partial charge in [0.25, 0.3) is 0 Å². The number of rotatable bonds is 8. The molecule has 2 atom stereocenters. The largest absolute Gasteiger partial charge is 0.507 e. The van der Waals surface area contributed by atoms with Gasteiger partial charge in [-0.05, 0) is 81.2 Å². The maximum atomic E-state index is 11.3. The monoisotopic (exact) mass is 640 g/mol. The minimum absolute atomic E-state index is 0.213. The van der Waals surface area contributed by atoms with Gasteiger partial charge in [0, 0.05) is 28.7 Å². The van der Waals surface area contributed by atoms with Crippen molar-refractivity contribution in [2.24, 2.45) is 0 Å². The lowest BCUT2D eigenvalue weighted by Gasteiger charge is -2.24. The average Bonchev–Trinajstić information content (AvgIpc) is 3.12. The number of hydrogen-bond acceptors (Lipinski definition) is 4. The number of phenols is 2. The van der Waals surface area contributed by atoms with E-state index in [0.717, 1.165) is 65.3 Å². The van der Waals surface area contributed by atoms with Crippen molar-refractivity contribution in [1.29, 1.82) is 0 Å². The van der Waals surface area contributed by atoms with Crippen LogP contribution in [0.5, 0.6) is 23.0 Å². The summed E-state index contributed by atoms with van der Waals surface area (Å²) in [5.41, 5.74) is 3.27. The van der Waals surface area contributed by atoms with Crippen LogP contribution in [0.15, 0.2) is 146 Å². The molecule has 0 aromatic heterocycles. The van der Waals surface area contributed by atoms with Crippen LogP contribution in [0.1, 0.15) is 20.3 Å². The Morgan fingerprint density at radius 1 is 0.388 bits per heavy atom. The molecule has 4 nitrogen and oxygen atoms in total. The van der Waals surface area contributed by atoms with Crippen molar-refractivity contribution in [1.82, 2.24) is 0 Å². The van der Waals surface area contributed by atoms with Crippen LogP contribution < -0.4 is 9.47 Å². The third-order valence-corrected chi connectivity index (χ3v) is 9.42. The molecule has 0 fully saturated rings. The zero-order valence-electron chi connectivity index (χ0n) is 27.4. The van der Waals surface area contributed by atoms with Crippen LogP contribution in [0.3, 0.4) is 0 Å². The summed E-state index contributed by atoms with van der Waals surface area (Å²) in [7, 11) is 0. The zero-order chi connectivity index (χ0) is 33.5. The first-order valence-corrected chi connectivity index (χ1v) is 16.8. The van der Waals surface area contributed by atoms with Crippen molar-refractivity contribution in [2.45, 2.75) is 32.5 Å². The zero-order valence-corrected chi connectivity index (χ0v) is 27.4. The molecular formula is C45H36O4. The molecule has 0 saturated heterocycles. The summed E-state index contributed by atoms with van der Waals surface area (Å²) in [4.78, 5) is 0. The summed E-state index contributed by atoms with van der Waals surface area (Å²) in [6, 6.07) is 48.2. The van der Waals surface area contributed by atoms with Gasteiger partial charge in [0.05, 0.1) is 12.2 Å². The van der Waals surface area contributed by atoms with Crippen LogP contribution in [0.4, 0.5) is 0 Å². The summed E-state index contributed by atoms with van der Waals surface area (Å²) >= 11 is 0. The maximum absolute atomic E-state index is 11.3. The predicted octanol–water partition coefficient (Wildman–Crippen LogP) is 11.7. The normalized spacial score (nSPS) is 12.8. The van der Waals surface area contributed by atoms with Crippen molar-refractivity contribution >= 4 is 43.1 Å². The van der Waals surface area contributed by atoms with Crippen molar-refractivity contribution in [3.63, 3.8) is 0 Å². The van der Waals surface area contributed by atoms with Gasteiger partial charge in [-0.25, -0.2) is 0 Å². The molecule has 0 radical (unpaired) electrons. The van der Waals surface area contributed by atoms with Crippen LogP contribution in [-0.4, -0.2) is 22.4 Å². The van der Waals surface area contributed by atoms with Gasteiger partial charge in [0.2, 0.25) is 0 Å². The average molecular weight is 641 g/mol. The molecule has 0 aliphatic carbocycles. The second-order valence-electron chi connectivity index (χ2n) is 12.8. The fourth-order valence-electron chi connectivity index (χ4n) is 7.26. The Labute approximate surface area is 285 Å². The Morgan fingerprint density at radius 2 is 0.694 bits per heavy atom. The third-order valence-electron chi connectivity index (χ3n) is 9.42. The highest BCUT2D eigenvalue weighted by atomic mass is 16.5. The van der Waals surface area contributed by atoms with E-state index in [0.29, 0.717) is 17.9 Å². The van der Waals surface area contributed by atoms with Crippen LogP contribution in [0.25, 0.3) is 65.3 Å². The number of fused-ring (bicyclic) bond motifs is 4. The Balaban J connectivity index is 1.15. The van der Waals surface area contributed by atoms with Crippen LogP contribution >= 0.6 is 0 Å². The Morgan fingerprint density at radius 3 is 1.06 bits per heavy atom. The molecule has 0 heterocycles. The second-order valence-corrected chi connectivity index (χ2v) is 12.8. The molecule has 0 saturated carbocycles. The number of ether oxygens (including phenoxy) is 2. The van der Waals surface area contributed by atoms with Crippen LogP contribution in [0, 0.1) is 0 Å². The number of aromatic hydroxyl groups is 2. The minimum atomic E-state index is -0.220. The van der Waals surface area contributed by atoms with Gasteiger partial charge in [-0.1, -0.05) is 121 Å². The summed E-state index contributed by atoms with van der Waals surface area (Å²) < 4.78 is 13.5. The smallest absolute Gasteiger partial charge is 0.128 e. The lowest BCUT2D eigenvalue weighted by Crippen LogP contribution is -2.23. The molecule has 49 heavy (non-hydrogen) atoms. The first kappa shape index (κ1) is 30.3.